The quantitative estimate of drug-likeness (QED) is 0.446. The highest BCUT2D eigenvalue weighted by atomic mass is 35.5. The summed E-state index contributed by atoms with van der Waals surface area (Å²) >= 11 is 17.2. The van der Waals surface area contributed by atoms with E-state index in [2.05, 4.69) is 15.6 Å². The molecule has 0 aliphatic heterocycles. The molecule has 0 bridgehead atoms. The highest BCUT2D eigenvalue weighted by molar-refractivity contribution is 7.80. The number of carbonyl (C=O) groups excluding carboxylic acids is 1. The van der Waals surface area contributed by atoms with E-state index in [-0.39, 0.29) is 11.0 Å². The van der Waals surface area contributed by atoms with Gasteiger partial charge in [-0.25, -0.2) is 0 Å². The van der Waals surface area contributed by atoms with E-state index in [1.54, 1.807) is 48.8 Å². The van der Waals surface area contributed by atoms with E-state index < -0.39 is 0 Å². The number of rotatable bonds is 5. The van der Waals surface area contributed by atoms with Crippen molar-refractivity contribution in [1.29, 1.82) is 0 Å². The lowest BCUT2D eigenvalue weighted by atomic mass is 10.2. The summed E-state index contributed by atoms with van der Waals surface area (Å²) in [5.41, 5.74) is 1.68. The first-order valence-corrected chi connectivity index (χ1v) is 9.39. The summed E-state index contributed by atoms with van der Waals surface area (Å²) in [6, 6.07) is 12.4. The molecule has 0 atom stereocenters. The third-order valence-corrected chi connectivity index (χ3v) is 4.43. The molecule has 0 saturated heterocycles. The van der Waals surface area contributed by atoms with E-state index in [0.29, 0.717) is 28.1 Å². The van der Waals surface area contributed by atoms with Crippen LogP contribution >= 0.6 is 35.4 Å². The Morgan fingerprint density at radius 1 is 1.21 bits per heavy atom. The van der Waals surface area contributed by atoms with Crippen LogP contribution in [0.25, 0.3) is 17.4 Å². The Hall–Kier alpha value is -2.67. The first kappa shape index (κ1) is 20.1. The second-order valence-corrected chi connectivity index (χ2v) is 6.94. The lowest BCUT2D eigenvalue weighted by Crippen LogP contribution is -2.37. The maximum absolute atomic E-state index is 12.0. The topological polar surface area (TPSA) is 67.2 Å². The molecule has 0 aliphatic carbocycles. The lowest BCUT2D eigenvalue weighted by Gasteiger charge is -2.07. The van der Waals surface area contributed by atoms with Gasteiger partial charge in [0.2, 0.25) is 5.91 Å². The molecule has 3 aromatic rings. The zero-order valence-electron chi connectivity index (χ0n) is 14.5. The summed E-state index contributed by atoms with van der Waals surface area (Å²) < 4.78 is 5.70. The van der Waals surface area contributed by atoms with Crippen LogP contribution in [0, 0.1) is 0 Å². The Bertz CT molecular complexity index is 1020. The number of hydrogen-bond acceptors (Lipinski definition) is 4. The number of carbonyl (C=O) groups is 1. The largest absolute Gasteiger partial charge is 0.457 e. The minimum absolute atomic E-state index is 0.228. The molecule has 1 aromatic carbocycles. The van der Waals surface area contributed by atoms with Gasteiger partial charge in [-0.2, -0.15) is 0 Å². The van der Waals surface area contributed by atoms with Gasteiger partial charge in [0, 0.05) is 35.6 Å². The summed E-state index contributed by atoms with van der Waals surface area (Å²) in [5, 5.41) is 6.77. The van der Waals surface area contributed by atoms with Crippen molar-refractivity contribution in [1.82, 2.24) is 15.6 Å². The number of nitrogens with zero attached hydrogens (tertiary/aromatic N) is 1. The van der Waals surface area contributed by atoms with Crippen LogP contribution in [0.15, 0.2) is 65.4 Å². The maximum atomic E-state index is 12.0. The standard InChI is InChI=1S/C20H15Cl2N3O2S/c21-14-3-6-16(17(22)10-14)18-7-4-15(27-18)5-8-19(26)25-20(28)24-12-13-2-1-9-23-11-13/h1-11H,12H2,(H2,24,25,26,28)/b8-5+. The summed E-state index contributed by atoms with van der Waals surface area (Å²) in [6.45, 7) is 0.472. The Morgan fingerprint density at radius 3 is 2.82 bits per heavy atom. The van der Waals surface area contributed by atoms with E-state index in [0.717, 1.165) is 11.1 Å². The SMILES string of the molecule is O=C(/C=C/c1ccc(-c2ccc(Cl)cc2Cl)o1)NC(=S)NCc1cccnc1. The highest BCUT2D eigenvalue weighted by Crippen LogP contribution is 2.31. The van der Waals surface area contributed by atoms with Crippen LogP contribution in [0.2, 0.25) is 10.0 Å². The van der Waals surface area contributed by atoms with Gasteiger partial charge in [0.1, 0.15) is 11.5 Å². The highest BCUT2D eigenvalue weighted by Gasteiger charge is 2.08. The third-order valence-electron chi connectivity index (χ3n) is 3.63. The van der Waals surface area contributed by atoms with Crippen LogP contribution < -0.4 is 10.6 Å². The van der Waals surface area contributed by atoms with Crippen molar-refractivity contribution >= 4 is 52.5 Å². The predicted molar refractivity (Wildman–Crippen MR) is 115 cm³/mol. The Kier molecular flexibility index (Phi) is 6.81. The Balaban J connectivity index is 1.54. The normalized spacial score (nSPS) is 10.8. The fourth-order valence-electron chi connectivity index (χ4n) is 2.32. The average Bonchev–Trinajstić information content (AvgIpc) is 3.14. The lowest BCUT2D eigenvalue weighted by molar-refractivity contribution is -0.115. The number of pyridine rings is 1. The molecule has 1 amide bonds. The van der Waals surface area contributed by atoms with Crippen molar-refractivity contribution in [3.63, 3.8) is 0 Å². The van der Waals surface area contributed by atoms with Gasteiger partial charge in [0.15, 0.2) is 5.11 Å². The average molecular weight is 432 g/mol. The van der Waals surface area contributed by atoms with Crippen LogP contribution in [0.4, 0.5) is 0 Å². The summed E-state index contributed by atoms with van der Waals surface area (Å²) in [5.74, 6) is 0.715. The molecule has 28 heavy (non-hydrogen) atoms. The fourth-order valence-corrected chi connectivity index (χ4v) is 2.99. The van der Waals surface area contributed by atoms with Crippen molar-refractivity contribution < 1.29 is 9.21 Å². The molecule has 8 heteroatoms. The van der Waals surface area contributed by atoms with Gasteiger partial charge in [-0.05, 0) is 60.3 Å². The molecule has 2 aromatic heterocycles. The molecular weight excluding hydrogens is 417 g/mol. The Morgan fingerprint density at radius 2 is 2.07 bits per heavy atom. The summed E-state index contributed by atoms with van der Waals surface area (Å²) in [6.07, 6.45) is 6.30. The first-order valence-electron chi connectivity index (χ1n) is 8.22. The van der Waals surface area contributed by atoms with Gasteiger partial charge < -0.3 is 9.73 Å². The molecule has 142 valence electrons. The smallest absolute Gasteiger partial charge is 0.250 e. The zero-order chi connectivity index (χ0) is 19.9. The number of furan rings is 1. The molecule has 0 radical (unpaired) electrons. The van der Waals surface area contributed by atoms with E-state index in [1.807, 2.05) is 12.1 Å². The Labute approximate surface area is 177 Å². The van der Waals surface area contributed by atoms with Gasteiger partial charge in [-0.15, -0.1) is 0 Å². The van der Waals surface area contributed by atoms with Crippen molar-refractivity contribution in [2.24, 2.45) is 0 Å². The number of aromatic nitrogens is 1. The number of thiocarbonyl (C=S) groups is 1. The van der Waals surface area contributed by atoms with Crippen molar-refractivity contribution in [2.45, 2.75) is 6.54 Å². The minimum atomic E-state index is -0.369. The second kappa shape index (κ2) is 9.50. The van der Waals surface area contributed by atoms with Crippen LogP contribution in [0.1, 0.15) is 11.3 Å². The van der Waals surface area contributed by atoms with E-state index in [1.165, 1.54) is 6.08 Å². The number of benzene rings is 1. The van der Waals surface area contributed by atoms with E-state index in [4.69, 9.17) is 39.8 Å². The van der Waals surface area contributed by atoms with Crippen LogP contribution in [-0.4, -0.2) is 16.0 Å². The van der Waals surface area contributed by atoms with Crippen molar-refractivity contribution in [2.75, 3.05) is 0 Å². The monoisotopic (exact) mass is 431 g/mol. The minimum Gasteiger partial charge on any atom is -0.457 e. The predicted octanol–water partition coefficient (Wildman–Crippen LogP) is 4.85. The molecule has 2 N–H and O–H groups in total. The van der Waals surface area contributed by atoms with Gasteiger partial charge in [0.05, 0.1) is 5.02 Å². The van der Waals surface area contributed by atoms with Crippen molar-refractivity contribution in [3.05, 3.63) is 82.3 Å². The maximum Gasteiger partial charge on any atom is 0.250 e. The van der Waals surface area contributed by atoms with Gasteiger partial charge in [-0.3, -0.25) is 15.1 Å². The van der Waals surface area contributed by atoms with Crippen LogP contribution in [0.5, 0.6) is 0 Å². The molecule has 0 aliphatic rings. The first-order chi connectivity index (χ1) is 13.5. The van der Waals surface area contributed by atoms with Gasteiger partial charge in [-0.1, -0.05) is 29.3 Å². The molecule has 5 nitrogen and oxygen atoms in total. The molecule has 3 rings (SSSR count). The van der Waals surface area contributed by atoms with Gasteiger partial charge >= 0.3 is 0 Å². The summed E-state index contributed by atoms with van der Waals surface area (Å²) in [4.78, 5) is 16.0. The van der Waals surface area contributed by atoms with Crippen molar-refractivity contribution in [3.8, 4) is 11.3 Å². The number of hydrogen-bond donors (Lipinski definition) is 2. The van der Waals surface area contributed by atoms with E-state index >= 15 is 0 Å². The molecule has 0 fully saturated rings. The molecule has 0 spiro atoms. The number of halogens is 2. The molecule has 0 saturated carbocycles. The fraction of sp³-hybridized carbons (Fsp3) is 0.0500. The van der Waals surface area contributed by atoms with Crippen LogP contribution in [0.3, 0.4) is 0 Å². The second-order valence-electron chi connectivity index (χ2n) is 5.69. The number of amides is 1. The molecular formula is C20H15Cl2N3O2S. The van der Waals surface area contributed by atoms with Crippen LogP contribution in [-0.2, 0) is 11.3 Å². The zero-order valence-corrected chi connectivity index (χ0v) is 16.8. The number of nitrogens with one attached hydrogen (secondary N) is 2. The summed E-state index contributed by atoms with van der Waals surface area (Å²) in [7, 11) is 0. The third kappa shape index (κ3) is 5.66. The molecule has 2 heterocycles. The van der Waals surface area contributed by atoms with Gasteiger partial charge in [0.25, 0.3) is 0 Å². The van der Waals surface area contributed by atoms with E-state index in [9.17, 15) is 4.79 Å². The molecule has 0 unspecified atom stereocenters.